The molecule has 0 atom stereocenters. The second-order valence-corrected chi connectivity index (χ2v) is 8.60. The number of fused-ring (bicyclic) bond motifs is 2. The van der Waals surface area contributed by atoms with Crippen LogP contribution >= 0.6 is 0 Å². The molecule has 3 N–H and O–H groups in total. The maximum Gasteiger partial charge on any atom is 0.387 e. The first-order valence-corrected chi connectivity index (χ1v) is 10.4. The molecule has 12 heteroatoms. The van der Waals surface area contributed by atoms with E-state index in [1.54, 1.807) is 0 Å². The SMILES string of the molecule is CNC(=O)Cn1nc(-c2cnc3[nH]cc(C(=O)NC(C)(C)C)c3n2)c2cc(OC(F)F)ccc21. The highest BCUT2D eigenvalue weighted by Gasteiger charge is 2.22. The molecule has 0 bridgehead atoms. The Morgan fingerprint density at radius 1 is 1.26 bits per heavy atom. The number of alkyl halides is 2. The largest absolute Gasteiger partial charge is 0.435 e. The number of hydrogen-bond donors (Lipinski definition) is 3. The Labute approximate surface area is 192 Å². The molecule has 3 aromatic heterocycles. The van der Waals surface area contributed by atoms with E-state index in [9.17, 15) is 18.4 Å². The highest BCUT2D eigenvalue weighted by atomic mass is 19.3. The van der Waals surface area contributed by atoms with Crippen LogP contribution in [0, 0.1) is 0 Å². The molecule has 4 rings (SSSR count). The number of aromatic amines is 1. The van der Waals surface area contributed by atoms with E-state index < -0.39 is 12.2 Å². The van der Waals surface area contributed by atoms with Crippen LogP contribution in [0.5, 0.6) is 5.75 Å². The van der Waals surface area contributed by atoms with Crippen molar-refractivity contribution in [1.82, 2.24) is 35.4 Å². The summed E-state index contributed by atoms with van der Waals surface area (Å²) in [5.74, 6) is -0.686. The van der Waals surface area contributed by atoms with Crippen LogP contribution in [0.2, 0.25) is 0 Å². The molecule has 0 spiro atoms. The zero-order valence-corrected chi connectivity index (χ0v) is 18.9. The van der Waals surface area contributed by atoms with Crippen molar-refractivity contribution in [3.63, 3.8) is 0 Å². The molecule has 1 aromatic carbocycles. The number of nitrogens with one attached hydrogen (secondary N) is 3. The number of ether oxygens (including phenoxy) is 1. The van der Waals surface area contributed by atoms with E-state index in [-0.39, 0.29) is 24.1 Å². The number of likely N-dealkylation sites (N-methyl/N-ethyl adjacent to an activating group) is 1. The van der Waals surface area contributed by atoms with Gasteiger partial charge in [0.05, 0.1) is 17.3 Å². The fraction of sp³-hybridized carbons (Fsp3) is 0.318. The van der Waals surface area contributed by atoms with E-state index >= 15 is 0 Å². The molecule has 0 aliphatic heterocycles. The predicted molar refractivity (Wildman–Crippen MR) is 121 cm³/mol. The van der Waals surface area contributed by atoms with Gasteiger partial charge in [-0.2, -0.15) is 13.9 Å². The van der Waals surface area contributed by atoms with E-state index in [1.807, 2.05) is 20.8 Å². The Morgan fingerprint density at radius 3 is 2.71 bits per heavy atom. The number of nitrogens with zero attached hydrogens (tertiary/aromatic N) is 4. The van der Waals surface area contributed by atoms with Gasteiger partial charge in [0.1, 0.15) is 29.2 Å². The molecule has 178 valence electrons. The summed E-state index contributed by atoms with van der Waals surface area (Å²) in [6, 6.07) is 4.31. The minimum Gasteiger partial charge on any atom is -0.435 e. The maximum absolute atomic E-state index is 12.8. The minimum atomic E-state index is -3.00. The fourth-order valence-corrected chi connectivity index (χ4v) is 3.45. The average molecular weight is 471 g/mol. The lowest BCUT2D eigenvalue weighted by atomic mass is 10.1. The Hall–Kier alpha value is -4.09. The van der Waals surface area contributed by atoms with Crippen LogP contribution in [0.25, 0.3) is 33.5 Å². The number of carbonyl (C=O) groups is 2. The summed E-state index contributed by atoms with van der Waals surface area (Å²) in [5.41, 5.74) is 1.69. The Morgan fingerprint density at radius 2 is 2.03 bits per heavy atom. The number of rotatable bonds is 6. The maximum atomic E-state index is 12.8. The zero-order valence-electron chi connectivity index (χ0n) is 18.9. The van der Waals surface area contributed by atoms with E-state index in [2.05, 4.69) is 35.4 Å². The van der Waals surface area contributed by atoms with Gasteiger partial charge in [-0.15, -0.1) is 0 Å². The quantitative estimate of drug-likeness (QED) is 0.397. The van der Waals surface area contributed by atoms with Crippen molar-refractivity contribution in [2.24, 2.45) is 0 Å². The van der Waals surface area contributed by atoms with Crippen molar-refractivity contribution in [3.05, 3.63) is 36.2 Å². The van der Waals surface area contributed by atoms with Gasteiger partial charge in [-0.1, -0.05) is 0 Å². The summed E-state index contributed by atoms with van der Waals surface area (Å²) in [7, 11) is 1.50. The highest BCUT2D eigenvalue weighted by Crippen LogP contribution is 2.31. The summed E-state index contributed by atoms with van der Waals surface area (Å²) in [6.45, 7) is 2.49. The van der Waals surface area contributed by atoms with Crippen molar-refractivity contribution in [2.75, 3.05) is 7.05 Å². The number of benzene rings is 1. The molecule has 4 aromatic rings. The van der Waals surface area contributed by atoms with Gasteiger partial charge in [-0.25, -0.2) is 9.97 Å². The molecule has 0 fully saturated rings. The van der Waals surface area contributed by atoms with Gasteiger partial charge in [-0.05, 0) is 39.0 Å². The van der Waals surface area contributed by atoms with Gasteiger partial charge in [0.15, 0.2) is 5.65 Å². The highest BCUT2D eigenvalue weighted by molar-refractivity contribution is 6.05. The Balaban J connectivity index is 1.85. The van der Waals surface area contributed by atoms with E-state index in [1.165, 1.54) is 42.3 Å². The standard InChI is InChI=1S/C22H23F2N7O3/c1-22(2,3)29-20(33)13-8-26-19-18(13)28-14(9-27-19)17-12-7-11(34-21(23)24)5-6-15(12)31(30-17)10-16(32)25-4/h5-9,21H,10H2,1-4H3,(H,25,32)(H,26,27)(H,29,33). The first kappa shape index (κ1) is 23.1. The average Bonchev–Trinajstić information content (AvgIpc) is 3.33. The molecule has 34 heavy (non-hydrogen) atoms. The number of amides is 2. The molecule has 0 aliphatic rings. The Bertz CT molecular complexity index is 1390. The first-order chi connectivity index (χ1) is 16.1. The molecule has 3 heterocycles. The first-order valence-electron chi connectivity index (χ1n) is 10.4. The lowest BCUT2D eigenvalue weighted by molar-refractivity contribution is -0.121. The van der Waals surface area contributed by atoms with Crippen LogP contribution in [0.3, 0.4) is 0 Å². The fourth-order valence-electron chi connectivity index (χ4n) is 3.45. The molecule has 2 amide bonds. The number of hydrogen-bond acceptors (Lipinski definition) is 6. The third kappa shape index (κ3) is 4.65. The lowest BCUT2D eigenvalue weighted by Gasteiger charge is -2.19. The van der Waals surface area contributed by atoms with Crippen molar-refractivity contribution in [1.29, 1.82) is 0 Å². The van der Waals surface area contributed by atoms with Gasteiger partial charge >= 0.3 is 6.61 Å². The third-order valence-corrected chi connectivity index (χ3v) is 4.88. The Kier molecular flexibility index (Phi) is 5.90. The van der Waals surface area contributed by atoms with Gasteiger partial charge in [-0.3, -0.25) is 14.3 Å². The minimum absolute atomic E-state index is 0.0656. The summed E-state index contributed by atoms with van der Waals surface area (Å²) in [6.07, 6.45) is 2.98. The summed E-state index contributed by atoms with van der Waals surface area (Å²) >= 11 is 0. The second-order valence-electron chi connectivity index (χ2n) is 8.60. The van der Waals surface area contributed by atoms with E-state index in [0.29, 0.717) is 39.0 Å². The smallest absolute Gasteiger partial charge is 0.387 e. The van der Waals surface area contributed by atoms with Crippen molar-refractivity contribution in [3.8, 4) is 17.1 Å². The van der Waals surface area contributed by atoms with E-state index in [0.717, 1.165) is 0 Å². The van der Waals surface area contributed by atoms with Gasteiger partial charge in [0, 0.05) is 24.2 Å². The molecule has 0 aliphatic carbocycles. The molecule has 0 saturated carbocycles. The van der Waals surface area contributed by atoms with Crippen LogP contribution in [-0.2, 0) is 11.3 Å². The van der Waals surface area contributed by atoms with Crippen LogP contribution in [0.4, 0.5) is 8.78 Å². The molecular formula is C22H23F2N7O3. The summed E-state index contributed by atoms with van der Waals surface area (Å²) in [4.78, 5) is 36.6. The number of aromatic nitrogens is 5. The van der Waals surface area contributed by atoms with Gasteiger partial charge in [0.2, 0.25) is 5.91 Å². The number of H-pyrrole nitrogens is 1. The number of halogens is 2. The van der Waals surface area contributed by atoms with Crippen molar-refractivity contribution >= 4 is 33.9 Å². The predicted octanol–water partition coefficient (Wildman–Crippen LogP) is 2.85. The normalized spacial score (nSPS) is 11.9. The number of carbonyl (C=O) groups excluding carboxylic acids is 2. The topological polar surface area (TPSA) is 127 Å². The zero-order chi connectivity index (χ0) is 24.6. The molecule has 0 unspecified atom stereocenters. The van der Waals surface area contributed by atoms with Crippen molar-refractivity contribution in [2.45, 2.75) is 39.5 Å². The van der Waals surface area contributed by atoms with Crippen molar-refractivity contribution < 1.29 is 23.1 Å². The second kappa shape index (κ2) is 8.69. The van der Waals surface area contributed by atoms with Crippen LogP contribution in [0.1, 0.15) is 31.1 Å². The van der Waals surface area contributed by atoms with Crippen LogP contribution < -0.4 is 15.4 Å². The van der Waals surface area contributed by atoms with Gasteiger partial charge in [0.25, 0.3) is 5.91 Å². The summed E-state index contributed by atoms with van der Waals surface area (Å²) < 4.78 is 31.5. The van der Waals surface area contributed by atoms with Crippen LogP contribution in [0.15, 0.2) is 30.6 Å². The van der Waals surface area contributed by atoms with E-state index in [4.69, 9.17) is 0 Å². The molecule has 0 saturated heterocycles. The van der Waals surface area contributed by atoms with Gasteiger partial charge < -0.3 is 20.4 Å². The molecule has 10 nitrogen and oxygen atoms in total. The lowest BCUT2D eigenvalue weighted by Crippen LogP contribution is -2.40. The van der Waals surface area contributed by atoms with Crippen LogP contribution in [-0.4, -0.2) is 55.7 Å². The third-order valence-electron chi connectivity index (χ3n) is 4.88. The monoisotopic (exact) mass is 471 g/mol. The summed E-state index contributed by atoms with van der Waals surface area (Å²) in [5, 5.41) is 10.3. The molecule has 0 radical (unpaired) electrons. The molecular weight excluding hydrogens is 448 g/mol.